The second-order valence-electron chi connectivity index (χ2n) is 6.40. The summed E-state index contributed by atoms with van der Waals surface area (Å²) in [6.07, 6.45) is 2.28. The van der Waals surface area contributed by atoms with Crippen molar-refractivity contribution in [2.45, 2.75) is 37.6 Å². The van der Waals surface area contributed by atoms with Gasteiger partial charge in [0.05, 0.1) is 30.1 Å². The summed E-state index contributed by atoms with van der Waals surface area (Å²) < 4.78 is 11.8. The lowest BCUT2D eigenvalue weighted by Crippen LogP contribution is -2.41. The zero-order chi connectivity index (χ0) is 15.2. The van der Waals surface area contributed by atoms with E-state index in [9.17, 15) is 9.59 Å². The molecule has 0 aromatic heterocycles. The van der Waals surface area contributed by atoms with Crippen LogP contribution in [0.25, 0.3) is 0 Å². The van der Waals surface area contributed by atoms with Gasteiger partial charge in [0, 0.05) is 13.0 Å². The maximum atomic E-state index is 12.1. The minimum Gasteiger partial charge on any atom is -0.377 e. The number of carbonyl (C=O) groups excluding carboxylic acids is 2. The molecule has 3 heterocycles. The molecule has 116 valence electrons. The molecule has 5 heteroatoms. The molecule has 2 bridgehead atoms. The summed E-state index contributed by atoms with van der Waals surface area (Å²) in [6, 6.07) is 9.99. The highest BCUT2D eigenvalue weighted by atomic mass is 16.5. The van der Waals surface area contributed by atoms with Crippen molar-refractivity contribution in [2.75, 3.05) is 6.61 Å². The van der Waals surface area contributed by atoms with Gasteiger partial charge in [0.15, 0.2) is 0 Å². The SMILES string of the molecule is O=C1NC(=O)C2C1C1CCC2(CCOCc2ccccc2)O1. The van der Waals surface area contributed by atoms with Crippen LogP contribution in [-0.2, 0) is 25.7 Å². The molecule has 3 fully saturated rings. The molecule has 0 spiro atoms. The summed E-state index contributed by atoms with van der Waals surface area (Å²) in [4.78, 5) is 23.9. The normalized spacial score (nSPS) is 35.7. The molecule has 0 radical (unpaired) electrons. The number of amides is 2. The Kier molecular flexibility index (Phi) is 3.27. The summed E-state index contributed by atoms with van der Waals surface area (Å²) in [6.45, 7) is 1.09. The van der Waals surface area contributed by atoms with Gasteiger partial charge in [0.25, 0.3) is 0 Å². The Morgan fingerprint density at radius 1 is 1.23 bits per heavy atom. The summed E-state index contributed by atoms with van der Waals surface area (Å²) >= 11 is 0. The fraction of sp³-hybridized carbons (Fsp3) is 0.529. The predicted molar refractivity (Wildman–Crippen MR) is 77.7 cm³/mol. The average molecular weight is 301 g/mol. The van der Waals surface area contributed by atoms with E-state index in [2.05, 4.69) is 5.32 Å². The lowest BCUT2D eigenvalue weighted by molar-refractivity contribution is -0.131. The average Bonchev–Trinajstić information content (AvgIpc) is 3.17. The molecule has 3 aliphatic rings. The maximum Gasteiger partial charge on any atom is 0.233 e. The first-order valence-corrected chi connectivity index (χ1v) is 7.84. The standard InChI is InChI=1S/C17H19NO4/c19-15-13-12-6-7-17(22-12,14(13)16(20)18-15)8-9-21-10-11-4-2-1-3-5-11/h1-5,12-14H,6-10H2,(H,18,19,20). The van der Waals surface area contributed by atoms with E-state index in [0.29, 0.717) is 19.6 Å². The Labute approximate surface area is 129 Å². The largest absolute Gasteiger partial charge is 0.377 e. The number of imide groups is 1. The van der Waals surface area contributed by atoms with Crippen molar-refractivity contribution in [1.82, 2.24) is 5.32 Å². The summed E-state index contributed by atoms with van der Waals surface area (Å²) in [7, 11) is 0. The smallest absolute Gasteiger partial charge is 0.233 e. The van der Waals surface area contributed by atoms with Crippen molar-refractivity contribution in [2.24, 2.45) is 11.8 Å². The summed E-state index contributed by atoms with van der Waals surface area (Å²) in [5.74, 6) is -0.929. The van der Waals surface area contributed by atoms with Crippen molar-refractivity contribution >= 4 is 11.8 Å². The topological polar surface area (TPSA) is 64.6 Å². The highest BCUT2D eigenvalue weighted by Crippen LogP contribution is 2.54. The summed E-state index contributed by atoms with van der Waals surface area (Å²) in [5, 5.41) is 2.46. The van der Waals surface area contributed by atoms with Crippen LogP contribution in [0.4, 0.5) is 0 Å². The zero-order valence-corrected chi connectivity index (χ0v) is 12.3. The number of nitrogens with one attached hydrogen (secondary N) is 1. The molecule has 4 unspecified atom stereocenters. The molecular weight excluding hydrogens is 282 g/mol. The number of hydrogen-bond donors (Lipinski definition) is 1. The minimum absolute atomic E-state index is 0.0921. The third-order valence-electron chi connectivity index (χ3n) is 5.18. The van der Waals surface area contributed by atoms with Gasteiger partial charge in [0.2, 0.25) is 11.8 Å². The van der Waals surface area contributed by atoms with Crippen LogP contribution in [-0.4, -0.2) is 30.1 Å². The van der Waals surface area contributed by atoms with Crippen LogP contribution in [0.15, 0.2) is 30.3 Å². The molecule has 0 aliphatic carbocycles. The molecule has 2 amide bonds. The van der Waals surface area contributed by atoms with Crippen LogP contribution < -0.4 is 5.32 Å². The number of carbonyl (C=O) groups is 2. The number of rotatable bonds is 5. The van der Waals surface area contributed by atoms with Crippen molar-refractivity contribution in [3.8, 4) is 0 Å². The van der Waals surface area contributed by atoms with Gasteiger partial charge in [-0.05, 0) is 18.4 Å². The molecular formula is C17H19NO4. The first kappa shape index (κ1) is 13.9. The Hall–Kier alpha value is -1.72. The predicted octanol–water partition coefficient (Wildman–Crippen LogP) is 1.41. The lowest BCUT2D eigenvalue weighted by atomic mass is 9.71. The first-order chi connectivity index (χ1) is 10.7. The third kappa shape index (κ3) is 2.08. The molecule has 3 saturated heterocycles. The van der Waals surface area contributed by atoms with E-state index in [1.165, 1.54) is 0 Å². The molecule has 3 aliphatic heterocycles. The molecule has 5 nitrogen and oxygen atoms in total. The van der Waals surface area contributed by atoms with Crippen LogP contribution >= 0.6 is 0 Å². The van der Waals surface area contributed by atoms with Crippen molar-refractivity contribution in [1.29, 1.82) is 0 Å². The minimum atomic E-state index is -0.498. The molecule has 1 aromatic carbocycles. The highest BCUT2D eigenvalue weighted by Gasteiger charge is 2.66. The Bertz CT molecular complexity index is 602. The zero-order valence-electron chi connectivity index (χ0n) is 12.3. The first-order valence-electron chi connectivity index (χ1n) is 7.84. The summed E-state index contributed by atoms with van der Waals surface area (Å²) in [5.41, 5.74) is 0.630. The second kappa shape index (κ2) is 5.18. The number of hydrogen-bond acceptors (Lipinski definition) is 4. The lowest BCUT2D eigenvalue weighted by Gasteiger charge is -2.30. The molecule has 1 aromatic rings. The van der Waals surface area contributed by atoms with E-state index in [1.54, 1.807) is 0 Å². The number of benzene rings is 1. The van der Waals surface area contributed by atoms with Gasteiger partial charge in [0.1, 0.15) is 0 Å². The van der Waals surface area contributed by atoms with Gasteiger partial charge in [-0.25, -0.2) is 0 Å². The number of fused-ring (bicyclic) bond motifs is 5. The molecule has 4 atom stereocenters. The Balaban J connectivity index is 1.38. The van der Waals surface area contributed by atoms with Crippen molar-refractivity contribution in [3.05, 3.63) is 35.9 Å². The van der Waals surface area contributed by atoms with Gasteiger partial charge in [-0.3, -0.25) is 14.9 Å². The van der Waals surface area contributed by atoms with E-state index < -0.39 is 5.60 Å². The Morgan fingerprint density at radius 2 is 2.05 bits per heavy atom. The highest BCUT2D eigenvalue weighted by molar-refractivity contribution is 6.06. The van der Waals surface area contributed by atoms with Crippen molar-refractivity contribution < 1.29 is 19.1 Å². The van der Waals surface area contributed by atoms with Crippen LogP contribution in [0.3, 0.4) is 0 Å². The maximum absolute atomic E-state index is 12.1. The fourth-order valence-electron chi connectivity index (χ4n) is 4.18. The van der Waals surface area contributed by atoms with Gasteiger partial charge < -0.3 is 9.47 Å². The van der Waals surface area contributed by atoms with E-state index in [0.717, 1.165) is 18.4 Å². The fourth-order valence-corrected chi connectivity index (χ4v) is 4.18. The monoisotopic (exact) mass is 301 g/mol. The van der Waals surface area contributed by atoms with Gasteiger partial charge in [-0.1, -0.05) is 30.3 Å². The second-order valence-corrected chi connectivity index (χ2v) is 6.40. The van der Waals surface area contributed by atoms with Gasteiger partial charge >= 0.3 is 0 Å². The van der Waals surface area contributed by atoms with Crippen LogP contribution in [0.1, 0.15) is 24.8 Å². The van der Waals surface area contributed by atoms with E-state index in [1.807, 2.05) is 30.3 Å². The van der Waals surface area contributed by atoms with Crippen LogP contribution in [0.2, 0.25) is 0 Å². The van der Waals surface area contributed by atoms with E-state index in [4.69, 9.17) is 9.47 Å². The quantitative estimate of drug-likeness (QED) is 0.660. The van der Waals surface area contributed by atoms with Crippen LogP contribution in [0, 0.1) is 11.8 Å². The number of ether oxygens (including phenoxy) is 2. The van der Waals surface area contributed by atoms with E-state index in [-0.39, 0.29) is 29.8 Å². The third-order valence-corrected chi connectivity index (χ3v) is 5.18. The molecule has 0 saturated carbocycles. The van der Waals surface area contributed by atoms with Crippen molar-refractivity contribution in [3.63, 3.8) is 0 Å². The van der Waals surface area contributed by atoms with Gasteiger partial charge in [-0.2, -0.15) is 0 Å². The van der Waals surface area contributed by atoms with E-state index >= 15 is 0 Å². The molecule has 22 heavy (non-hydrogen) atoms. The molecule has 4 rings (SSSR count). The van der Waals surface area contributed by atoms with Crippen LogP contribution in [0.5, 0.6) is 0 Å². The molecule has 1 N–H and O–H groups in total. The van der Waals surface area contributed by atoms with Gasteiger partial charge in [-0.15, -0.1) is 0 Å². The Morgan fingerprint density at radius 3 is 2.86 bits per heavy atom.